The van der Waals surface area contributed by atoms with Gasteiger partial charge in [-0.1, -0.05) is 72.8 Å². The van der Waals surface area contributed by atoms with E-state index in [9.17, 15) is 4.79 Å². The van der Waals surface area contributed by atoms with E-state index in [2.05, 4.69) is 5.32 Å². The molecule has 0 unspecified atom stereocenters. The van der Waals surface area contributed by atoms with Crippen molar-refractivity contribution in [2.24, 2.45) is 0 Å². The van der Waals surface area contributed by atoms with Crippen LogP contribution >= 0.6 is 0 Å². The molecule has 0 aromatic heterocycles. The Bertz CT molecular complexity index is 1370. The molecule has 0 atom stereocenters. The van der Waals surface area contributed by atoms with Crippen LogP contribution in [0.25, 0.3) is 6.08 Å². The Labute approximate surface area is 229 Å². The number of hydrogen-bond acceptors (Lipinski definition) is 5. The zero-order chi connectivity index (χ0) is 27.3. The van der Waals surface area contributed by atoms with E-state index in [0.717, 1.165) is 22.3 Å². The second-order valence-corrected chi connectivity index (χ2v) is 8.82. The SMILES string of the molecule is COc1ccc(C=CC(=O)NCCc2ccc(OC)c(OCc3ccccc3)c2)cc1OCc1ccccc1. The third-order valence-electron chi connectivity index (χ3n) is 6.03. The summed E-state index contributed by atoms with van der Waals surface area (Å²) in [6.45, 7) is 1.36. The van der Waals surface area contributed by atoms with E-state index in [1.807, 2.05) is 97.1 Å². The molecule has 6 heteroatoms. The van der Waals surface area contributed by atoms with Crippen LogP contribution < -0.4 is 24.3 Å². The molecule has 0 spiro atoms. The monoisotopic (exact) mass is 523 g/mol. The first-order chi connectivity index (χ1) is 19.1. The maximum absolute atomic E-state index is 12.5. The van der Waals surface area contributed by atoms with Crippen LogP contribution in [0, 0.1) is 0 Å². The summed E-state index contributed by atoms with van der Waals surface area (Å²) in [7, 11) is 3.23. The minimum atomic E-state index is -0.174. The van der Waals surface area contributed by atoms with E-state index in [4.69, 9.17) is 18.9 Å². The standard InChI is InChI=1S/C33H33NO5/c1-36-29-16-13-25(21-31(29)38-23-27-9-5-3-6-10-27)15-18-33(35)34-20-19-26-14-17-30(37-2)32(22-26)39-24-28-11-7-4-8-12-28/h3-18,21-22H,19-20,23-24H2,1-2H3,(H,34,35). The normalized spacial score (nSPS) is 10.7. The van der Waals surface area contributed by atoms with E-state index in [0.29, 0.717) is 49.2 Å². The second kappa shape index (κ2) is 14.3. The molecule has 1 N–H and O–H groups in total. The molecule has 0 aliphatic carbocycles. The Morgan fingerprint density at radius 2 is 1.23 bits per heavy atom. The van der Waals surface area contributed by atoms with Gasteiger partial charge in [0.05, 0.1) is 14.2 Å². The van der Waals surface area contributed by atoms with Gasteiger partial charge in [0.25, 0.3) is 0 Å². The lowest BCUT2D eigenvalue weighted by Crippen LogP contribution is -2.23. The molecule has 4 aromatic carbocycles. The Kier molecular flexibility index (Phi) is 10.0. The summed E-state index contributed by atoms with van der Waals surface area (Å²) in [6.07, 6.45) is 3.93. The van der Waals surface area contributed by atoms with Crippen molar-refractivity contribution in [1.82, 2.24) is 5.32 Å². The minimum absolute atomic E-state index is 0.174. The van der Waals surface area contributed by atoms with Crippen LogP contribution in [0.1, 0.15) is 22.3 Å². The fraction of sp³-hybridized carbons (Fsp3) is 0.182. The molecule has 4 rings (SSSR count). The van der Waals surface area contributed by atoms with Gasteiger partial charge in [-0.25, -0.2) is 0 Å². The van der Waals surface area contributed by atoms with Gasteiger partial charge < -0.3 is 24.3 Å². The first kappa shape index (κ1) is 27.3. The van der Waals surface area contributed by atoms with Crippen LogP contribution in [0.15, 0.2) is 103 Å². The summed E-state index contributed by atoms with van der Waals surface area (Å²) in [5, 5.41) is 2.94. The molecule has 4 aromatic rings. The Hall–Kier alpha value is -4.71. The highest BCUT2D eigenvalue weighted by Crippen LogP contribution is 2.30. The summed E-state index contributed by atoms with van der Waals surface area (Å²) in [5.41, 5.74) is 4.02. The van der Waals surface area contributed by atoms with Gasteiger partial charge in [-0.3, -0.25) is 4.79 Å². The van der Waals surface area contributed by atoms with Crippen molar-refractivity contribution in [1.29, 1.82) is 0 Å². The maximum Gasteiger partial charge on any atom is 0.244 e. The average molecular weight is 524 g/mol. The Balaban J connectivity index is 1.29. The first-order valence-electron chi connectivity index (χ1n) is 12.8. The van der Waals surface area contributed by atoms with Crippen molar-refractivity contribution in [2.75, 3.05) is 20.8 Å². The third-order valence-corrected chi connectivity index (χ3v) is 6.03. The van der Waals surface area contributed by atoms with E-state index < -0.39 is 0 Å². The van der Waals surface area contributed by atoms with Gasteiger partial charge in [0, 0.05) is 12.6 Å². The highest BCUT2D eigenvalue weighted by atomic mass is 16.5. The van der Waals surface area contributed by atoms with E-state index in [1.165, 1.54) is 6.08 Å². The van der Waals surface area contributed by atoms with Crippen LogP contribution in [0.2, 0.25) is 0 Å². The zero-order valence-electron chi connectivity index (χ0n) is 22.3. The lowest BCUT2D eigenvalue weighted by molar-refractivity contribution is -0.116. The number of carbonyl (C=O) groups excluding carboxylic acids is 1. The highest BCUT2D eigenvalue weighted by molar-refractivity contribution is 5.91. The maximum atomic E-state index is 12.5. The van der Waals surface area contributed by atoms with Gasteiger partial charge in [-0.15, -0.1) is 0 Å². The number of nitrogens with one attached hydrogen (secondary N) is 1. The number of methoxy groups -OCH3 is 2. The second-order valence-electron chi connectivity index (χ2n) is 8.82. The molecule has 0 fully saturated rings. The number of rotatable bonds is 13. The Morgan fingerprint density at radius 3 is 1.82 bits per heavy atom. The lowest BCUT2D eigenvalue weighted by Gasteiger charge is -2.13. The first-order valence-corrected chi connectivity index (χ1v) is 12.8. The van der Waals surface area contributed by atoms with Crippen LogP contribution in [0.5, 0.6) is 23.0 Å². The summed E-state index contributed by atoms with van der Waals surface area (Å²) >= 11 is 0. The number of amides is 1. The van der Waals surface area contributed by atoms with Crippen molar-refractivity contribution in [2.45, 2.75) is 19.6 Å². The molecule has 200 valence electrons. The lowest BCUT2D eigenvalue weighted by atomic mass is 10.1. The van der Waals surface area contributed by atoms with Crippen LogP contribution in [0.3, 0.4) is 0 Å². The Morgan fingerprint density at radius 1 is 0.667 bits per heavy atom. The fourth-order valence-electron chi connectivity index (χ4n) is 3.93. The summed E-state index contributed by atoms with van der Waals surface area (Å²) in [4.78, 5) is 12.5. The highest BCUT2D eigenvalue weighted by Gasteiger charge is 2.08. The van der Waals surface area contributed by atoms with E-state index >= 15 is 0 Å². The molecule has 0 aliphatic heterocycles. The number of ether oxygens (including phenoxy) is 4. The van der Waals surface area contributed by atoms with E-state index in [1.54, 1.807) is 20.3 Å². The summed E-state index contributed by atoms with van der Waals surface area (Å²) < 4.78 is 22.8. The molecule has 0 radical (unpaired) electrons. The largest absolute Gasteiger partial charge is 0.493 e. The third kappa shape index (κ3) is 8.40. The fourth-order valence-corrected chi connectivity index (χ4v) is 3.93. The molecular formula is C33H33NO5. The van der Waals surface area contributed by atoms with Crippen molar-refractivity contribution in [3.8, 4) is 23.0 Å². The summed E-state index contributed by atoms with van der Waals surface area (Å²) in [5.74, 6) is 2.43. The molecule has 1 amide bonds. The van der Waals surface area contributed by atoms with Crippen LogP contribution in [-0.2, 0) is 24.4 Å². The molecule has 0 saturated heterocycles. The smallest absolute Gasteiger partial charge is 0.244 e. The van der Waals surface area contributed by atoms with Crippen molar-refractivity contribution >= 4 is 12.0 Å². The molecular weight excluding hydrogens is 490 g/mol. The average Bonchev–Trinajstić information content (AvgIpc) is 2.99. The van der Waals surface area contributed by atoms with Crippen molar-refractivity contribution in [3.05, 3.63) is 125 Å². The molecule has 39 heavy (non-hydrogen) atoms. The molecule has 0 bridgehead atoms. The van der Waals surface area contributed by atoms with Crippen LogP contribution in [-0.4, -0.2) is 26.7 Å². The van der Waals surface area contributed by atoms with Crippen molar-refractivity contribution < 1.29 is 23.7 Å². The summed E-state index contributed by atoms with van der Waals surface area (Å²) in [6, 6.07) is 31.3. The van der Waals surface area contributed by atoms with Gasteiger partial charge >= 0.3 is 0 Å². The predicted molar refractivity (Wildman–Crippen MR) is 153 cm³/mol. The molecule has 0 saturated carbocycles. The minimum Gasteiger partial charge on any atom is -0.493 e. The van der Waals surface area contributed by atoms with Crippen LogP contribution in [0.4, 0.5) is 0 Å². The quantitative estimate of drug-likeness (QED) is 0.210. The number of hydrogen-bond donors (Lipinski definition) is 1. The molecule has 0 aliphatic rings. The topological polar surface area (TPSA) is 66.0 Å². The predicted octanol–water partition coefficient (Wildman–Crippen LogP) is 6.23. The van der Waals surface area contributed by atoms with Gasteiger partial charge in [0.15, 0.2) is 23.0 Å². The molecule has 6 nitrogen and oxygen atoms in total. The zero-order valence-corrected chi connectivity index (χ0v) is 22.3. The van der Waals surface area contributed by atoms with Gasteiger partial charge in [-0.05, 0) is 59.0 Å². The number of carbonyl (C=O) groups is 1. The van der Waals surface area contributed by atoms with Gasteiger partial charge in [-0.2, -0.15) is 0 Å². The van der Waals surface area contributed by atoms with E-state index in [-0.39, 0.29) is 5.91 Å². The molecule has 0 heterocycles. The van der Waals surface area contributed by atoms with Crippen molar-refractivity contribution in [3.63, 3.8) is 0 Å². The number of benzene rings is 4. The van der Waals surface area contributed by atoms with Gasteiger partial charge in [0.2, 0.25) is 5.91 Å². The van der Waals surface area contributed by atoms with Gasteiger partial charge in [0.1, 0.15) is 13.2 Å².